The van der Waals surface area contributed by atoms with Crippen molar-refractivity contribution >= 4 is 28.3 Å². The molecule has 1 amide bonds. The Morgan fingerprint density at radius 3 is 2.41 bits per heavy atom. The summed E-state index contributed by atoms with van der Waals surface area (Å²) in [5.74, 6) is -1.56. The first kappa shape index (κ1) is 18.3. The van der Waals surface area contributed by atoms with Crippen LogP contribution in [0.2, 0.25) is 0 Å². The van der Waals surface area contributed by atoms with Crippen molar-refractivity contribution in [1.29, 1.82) is 0 Å². The number of anilines is 1. The van der Waals surface area contributed by atoms with Crippen LogP contribution in [0.15, 0.2) is 54.6 Å². The first-order chi connectivity index (χ1) is 12.9. The maximum Gasteiger partial charge on any atom is 0.339 e. The largest absolute Gasteiger partial charge is 0.507 e. The Morgan fingerprint density at radius 1 is 1.00 bits per heavy atom. The predicted octanol–water partition coefficient (Wildman–Crippen LogP) is 3.99. The lowest BCUT2D eigenvalue weighted by Gasteiger charge is -2.14. The maximum absolute atomic E-state index is 12.6. The molecule has 3 N–H and O–H groups in total. The van der Waals surface area contributed by atoms with Crippen LogP contribution in [-0.2, 0) is 4.79 Å². The number of hydrogen-bond donors (Lipinski definition) is 3. The Balaban J connectivity index is 1.82. The molecule has 0 fully saturated rings. The molecule has 0 saturated carbocycles. The third-order valence-electron chi connectivity index (χ3n) is 4.46. The van der Waals surface area contributed by atoms with Gasteiger partial charge in [0.15, 0.2) is 0 Å². The predicted molar refractivity (Wildman–Crippen MR) is 103 cm³/mol. The van der Waals surface area contributed by atoms with Crippen LogP contribution >= 0.6 is 0 Å². The van der Waals surface area contributed by atoms with Gasteiger partial charge >= 0.3 is 5.97 Å². The molecule has 3 rings (SSSR count). The Morgan fingerprint density at radius 2 is 1.70 bits per heavy atom. The molecule has 1 atom stereocenters. The lowest BCUT2D eigenvalue weighted by Crippen LogP contribution is -2.19. The number of benzene rings is 3. The maximum atomic E-state index is 12.6. The molecule has 0 bridgehead atoms. The molecule has 0 spiro atoms. The van der Waals surface area contributed by atoms with Crippen molar-refractivity contribution in [2.24, 2.45) is 0 Å². The highest BCUT2D eigenvalue weighted by molar-refractivity contribution is 5.98. The number of methoxy groups -OCH3 is 1. The molecule has 0 radical (unpaired) electrons. The molecule has 0 aliphatic rings. The van der Waals surface area contributed by atoms with Gasteiger partial charge in [0.25, 0.3) is 0 Å². The molecule has 0 heterocycles. The van der Waals surface area contributed by atoms with Gasteiger partial charge in [0.05, 0.1) is 13.0 Å². The van der Waals surface area contributed by atoms with Gasteiger partial charge in [-0.1, -0.05) is 24.3 Å². The number of carboxylic acids is 1. The monoisotopic (exact) mass is 365 g/mol. The number of carboxylic acid groups (broad SMARTS) is 1. The van der Waals surface area contributed by atoms with Gasteiger partial charge in [-0.25, -0.2) is 4.79 Å². The quantitative estimate of drug-likeness (QED) is 0.594. The number of amides is 1. The van der Waals surface area contributed by atoms with Gasteiger partial charge in [-0.2, -0.15) is 0 Å². The Labute approximate surface area is 156 Å². The summed E-state index contributed by atoms with van der Waals surface area (Å²) >= 11 is 0. The standard InChI is InChI=1S/C21H19NO5/c1-12(13-3-4-15-10-17(27-2)7-5-14(15)9-13)20(24)22-16-6-8-19(23)18(11-16)21(25)26/h3-12,23H,1-2H3,(H,22,24)(H,25,26). The summed E-state index contributed by atoms with van der Waals surface area (Å²) in [7, 11) is 1.61. The second kappa shape index (κ2) is 7.37. The summed E-state index contributed by atoms with van der Waals surface area (Å²) in [5.41, 5.74) is 0.884. The number of aromatic carboxylic acids is 1. The fraction of sp³-hybridized carbons (Fsp3) is 0.143. The number of fused-ring (bicyclic) bond motifs is 1. The zero-order chi connectivity index (χ0) is 19.6. The van der Waals surface area contributed by atoms with E-state index in [1.807, 2.05) is 36.4 Å². The molecular formula is C21H19NO5. The minimum atomic E-state index is -1.26. The van der Waals surface area contributed by atoms with Crippen LogP contribution in [0.3, 0.4) is 0 Å². The number of phenols is 1. The van der Waals surface area contributed by atoms with Crippen molar-refractivity contribution in [3.05, 3.63) is 65.7 Å². The normalized spacial score (nSPS) is 11.8. The van der Waals surface area contributed by atoms with Crippen LogP contribution in [0, 0.1) is 0 Å². The minimum absolute atomic E-state index is 0.264. The van der Waals surface area contributed by atoms with Gasteiger partial charge in [-0.3, -0.25) is 4.79 Å². The zero-order valence-corrected chi connectivity index (χ0v) is 14.9. The van der Waals surface area contributed by atoms with E-state index < -0.39 is 11.9 Å². The molecule has 138 valence electrons. The average Bonchev–Trinajstić information content (AvgIpc) is 2.67. The highest BCUT2D eigenvalue weighted by atomic mass is 16.5. The summed E-state index contributed by atoms with van der Waals surface area (Å²) < 4.78 is 5.22. The van der Waals surface area contributed by atoms with E-state index in [9.17, 15) is 14.7 Å². The Hall–Kier alpha value is -3.54. The third-order valence-corrected chi connectivity index (χ3v) is 4.46. The molecule has 1 unspecified atom stereocenters. The van der Waals surface area contributed by atoms with E-state index in [1.54, 1.807) is 14.0 Å². The van der Waals surface area contributed by atoms with E-state index in [4.69, 9.17) is 9.84 Å². The Kier molecular flexibility index (Phi) is 4.98. The SMILES string of the molecule is COc1ccc2cc(C(C)C(=O)Nc3ccc(O)c(C(=O)O)c3)ccc2c1. The van der Waals surface area contributed by atoms with Gasteiger partial charge < -0.3 is 20.3 Å². The number of aromatic hydroxyl groups is 1. The van der Waals surface area contributed by atoms with Gasteiger partial charge in [0, 0.05) is 5.69 Å². The van der Waals surface area contributed by atoms with Crippen LogP contribution < -0.4 is 10.1 Å². The van der Waals surface area contributed by atoms with Gasteiger partial charge in [0.1, 0.15) is 17.1 Å². The lowest BCUT2D eigenvalue weighted by atomic mass is 9.97. The summed E-state index contributed by atoms with van der Waals surface area (Å²) in [6.07, 6.45) is 0. The zero-order valence-electron chi connectivity index (χ0n) is 14.9. The van der Waals surface area contributed by atoms with Gasteiger partial charge in [-0.15, -0.1) is 0 Å². The molecule has 27 heavy (non-hydrogen) atoms. The molecule has 0 aliphatic heterocycles. The third kappa shape index (κ3) is 3.84. The summed E-state index contributed by atoms with van der Waals surface area (Å²) in [6, 6.07) is 15.4. The molecule has 0 aromatic heterocycles. The van der Waals surface area contributed by atoms with Crippen LogP contribution in [0.4, 0.5) is 5.69 Å². The average molecular weight is 365 g/mol. The minimum Gasteiger partial charge on any atom is -0.507 e. The molecule has 3 aromatic carbocycles. The van der Waals surface area contributed by atoms with E-state index in [0.717, 1.165) is 22.1 Å². The van der Waals surface area contributed by atoms with Crippen LogP contribution in [0.1, 0.15) is 28.8 Å². The number of rotatable bonds is 5. The molecular weight excluding hydrogens is 346 g/mol. The van der Waals surface area contributed by atoms with Crippen LogP contribution in [0.25, 0.3) is 10.8 Å². The number of carbonyl (C=O) groups is 2. The first-order valence-electron chi connectivity index (χ1n) is 8.34. The van der Waals surface area contributed by atoms with Crippen molar-refractivity contribution in [2.75, 3.05) is 12.4 Å². The van der Waals surface area contributed by atoms with E-state index in [2.05, 4.69) is 5.32 Å². The van der Waals surface area contributed by atoms with E-state index in [-0.39, 0.29) is 17.2 Å². The molecule has 0 saturated heterocycles. The van der Waals surface area contributed by atoms with Crippen LogP contribution in [-0.4, -0.2) is 29.2 Å². The second-order valence-electron chi connectivity index (χ2n) is 6.22. The lowest BCUT2D eigenvalue weighted by molar-refractivity contribution is -0.117. The summed E-state index contributed by atoms with van der Waals surface area (Å²) in [4.78, 5) is 23.7. The molecule has 6 heteroatoms. The number of carbonyl (C=O) groups excluding carboxylic acids is 1. The molecule has 0 aliphatic carbocycles. The molecule has 6 nitrogen and oxygen atoms in total. The summed E-state index contributed by atoms with van der Waals surface area (Å²) in [5, 5.41) is 23.3. The van der Waals surface area contributed by atoms with Crippen molar-refractivity contribution in [1.82, 2.24) is 0 Å². The fourth-order valence-corrected chi connectivity index (χ4v) is 2.83. The topological polar surface area (TPSA) is 95.9 Å². The smallest absolute Gasteiger partial charge is 0.339 e. The number of nitrogens with one attached hydrogen (secondary N) is 1. The highest BCUT2D eigenvalue weighted by Gasteiger charge is 2.17. The number of ether oxygens (including phenoxy) is 1. The van der Waals surface area contributed by atoms with Gasteiger partial charge in [-0.05, 0) is 53.6 Å². The Bertz CT molecular complexity index is 1030. The van der Waals surface area contributed by atoms with Crippen molar-refractivity contribution in [3.63, 3.8) is 0 Å². The van der Waals surface area contributed by atoms with Gasteiger partial charge in [0.2, 0.25) is 5.91 Å². The van der Waals surface area contributed by atoms with E-state index in [1.165, 1.54) is 18.2 Å². The summed E-state index contributed by atoms with van der Waals surface area (Å²) in [6.45, 7) is 1.78. The van der Waals surface area contributed by atoms with E-state index >= 15 is 0 Å². The van der Waals surface area contributed by atoms with Crippen molar-refractivity contribution in [2.45, 2.75) is 12.8 Å². The molecule has 3 aromatic rings. The van der Waals surface area contributed by atoms with Crippen molar-refractivity contribution in [3.8, 4) is 11.5 Å². The second-order valence-corrected chi connectivity index (χ2v) is 6.22. The number of hydrogen-bond acceptors (Lipinski definition) is 4. The van der Waals surface area contributed by atoms with Crippen molar-refractivity contribution < 1.29 is 24.5 Å². The fourth-order valence-electron chi connectivity index (χ4n) is 2.83. The first-order valence-corrected chi connectivity index (χ1v) is 8.34. The highest BCUT2D eigenvalue weighted by Crippen LogP contribution is 2.27. The van der Waals surface area contributed by atoms with E-state index in [0.29, 0.717) is 5.69 Å². The van der Waals surface area contributed by atoms with Crippen LogP contribution in [0.5, 0.6) is 11.5 Å².